The lowest BCUT2D eigenvalue weighted by Gasteiger charge is -2.46. The summed E-state index contributed by atoms with van der Waals surface area (Å²) in [5.74, 6) is -1.68. The van der Waals surface area contributed by atoms with E-state index in [1.54, 1.807) is 9.80 Å². The number of piperidine rings is 1. The van der Waals surface area contributed by atoms with Crippen molar-refractivity contribution in [2.45, 2.75) is 19.0 Å². The third kappa shape index (κ3) is 8.11. The number of nitrogens with one attached hydrogen (secondary N) is 3. The number of likely N-dealkylation sites (tertiary alicyclic amines) is 1. The number of halogens is 4. The first-order chi connectivity index (χ1) is 28.2. The highest BCUT2D eigenvalue weighted by Gasteiger charge is 2.42. The number of rotatable bonds is 10. The highest BCUT2D eigenvalue weighted by Crippen LogP contribution is 2.37. The Morgan fingerprint density at radius 3 is 2.39 bits per heavy atom. The van der Waals surface area contributed by atoms with E-state index in [-0.39, 0.29) is 63.5 Å². The van der Waals surface area contributed by atoms with Gasteiger partial charge < -0.3 is 34.6 Å². The lowest BCUT2D eigenvalue weighted by molar-refractivity contribution is -0.929. The third-order valence-electron chi connectivity index (χ3n) is 11.6. The molecular weight excluding hydrogens is 797 g/mol. The van der Waals surface area contributed by atoms with Crippen LogP contribution < -0.4 is 10.6 Å². The topological polar surface area (TPSA) is 196 Å². The van der Waals surface area contributed by atoms with Gasteiger partial charge in [-0.3, -0.25) is 19.5 Å². The van der Waals surface area contributed by atoms with Crippen molar-refractivity contribution in [3.05, 3.63) is 71.2 Å². The van der Waals surface area contributed by atoms with E-state index in [1.165, 1.54) is 54.5 Å². The number of aromatic amines is 1. The number of anilines is 1. The number of nitrogens with zero attached hydrogens (tertiary/aromatic N) is 9. The largest absolute Gasteiger partial charge is 0.477 e. The zero-order valence-corrected chi connectivity index (χ0v) is 32.6. The van der Waals surface area contributed by atoms with Crippen LogP contribution in [0.25, 0.3) is 28.0 Å². The number of carboxylic acids is 1. The molecule has 8 rings (SSSR count). The number of fused-ring (bicyclic) bond motifs is 1. The predicted octanol–water partition coefficient (Wildman–Crippen LogP) is 3.28. The van der Waals surface area contributed by atoms with Gasteiger partial charge in [-0.1, -0.05) is 11.6 Å². The number of piperazine rings is 1. The van der Waals surface area contributed by atoms with E-state index in [9.17, 15) is 37.5 Å². The van der Waals surface area contributed by atoms with Gasteiger partial charge in [0.25, 0.3) is 11.8 Å². The number of aliphatic carboxylic acids is 1. The number of imidazole rings is 1. The molecule has 4 aromatic heterocycles. The summed E-state index contributed by atoms with van der Waals surface area (Å²) in [6.45, 7) is 5.24. The number of H-pyrrole nitrogens is 1. The van der Waals surface area contributed by atoms with Crippen molar-refractivity contribution in [2.75, 3.05) is 70.8 Å². The van der Waals surface area contributed by atoms with Crippen LogP contribution in [0.1, 0.15) is 39.5 Å². The van der Waals surface area contributed by atoms with E-state index in [2.05, 4.69) is 35.9 Å². The summed E-state index contributed by atoms with van der Waals surface area (Å²) in [6.07, 6.45) is 1.71. The second-order valence-electron chi connectivity index (χ2n) is 15.4. The van der Waals surface area contributed by atoms with E-state index in [1.807, 2.05) is 0 Å². The van der Waals surface area contributed by atoms with Crippen molar-refractivity contribution in [1.29, 1.82) is 0 Å². The number of carbonyl (C=O) groups excluding carboxylic acids is 3. The van der Waals surface area contributed by atoms with E-state index < -0.39 is 23.7 Å². The molecule has 17 nitrogen and oxygen atoms in total. The van der Waals surface area contributed by atoms with Crippen molar-refractivity contribution < 1.29 is 41.9 Å². The Morgan fingerprint density at radius 2 is 1.73 bits per heavy atom. The van der Waals surface area contributed by atoms with E-state index in [0.717, 1.165) is 30.5 Å². The number of hydrogen-bond acceptors (Lipinski definition) is 9. The predicted molar refractivity (Wildman–Crippen MR) is 207 cm³/mol. The highest BCUT2D eigenvalue weighted by molar-refractivity contribution is 6.34. The molecule has 0 bridgehead atoms. The molecule has 0 spiro atoms. The Labute approximate surface area is 339 Å². The minimum absolute atomic E-state index is 0.0231. The number of amides is 3. The molecule has 3 amide bonds. The standard InChI is InChI=1S/C38H40ClF3N12O5/c1-50-30(27-19-53(49-33(27)38(40,41)42)31-13-29-24(16-44-31)17-46-48-29)18-45-34(50)35(57)47-25-2-3-26(28(39)12-25)37(59)52-8-6-51(7-9-52)36(58)23-4-10-54(11-5-23,21-32(55)56)20-22-14-43-15-22/h2-3,12-13,16-19,22-23,43H,4-11,14-15,20-21H2,1H3,(H2-,44,46,47,48,55,56,57,59)/p+1. The van der Waals surface area contributed by atoms with Crippen LogP contribution in [-0.2, 0) is 22.8 Å². The Kier molecular flexibility index (Phi) is 10.6. The second-order valence-corrected chi connectivity index (χ2v) is 15.9. The molecule has 5 aromatic rings. The average molecular weight is 838 g/mol. The zero-order valence-electron chi connectivity index (χ0n) is 31.9. The first-order valence-corrected chi connectivity index (χ1v) is 19.5. The summed E-state index contributed by atoms with van der Waals surface area (Å²) in [5, 5.41) is 26.6. The molecule has 0 saturated carbocycles. The fourth-order valence-corrected chi connectivity index (χ4v) is 8.56. The maximum Gasteiger partial charge on any atom is 0.435 e. The normalized spacial score (nSPS) is 20.1. The molecule has 0 atom stereocenters. The zero-order chi connectivity index (χ0) is 41.6. The summed E-state index contributed by atoms with van der Waals surface area (Å²) in [4.78, 5) is 63.8. The summed E-state index contributed by atoms with van der Waals surface area (Å²) in [7, 11) is 1.40. The summed E-state index contributed by atoms with van der Waals surface area (Å²) >= 11 is 6.55. The molecule has 0 unspecified atom stereocenters. The van der Waals surface area contributed by atoms with Gasteiger partial charge in [-0.25, -0.2) is 19.4 Å². The van der Waals surface area contributed by atoms with Gasteiger partial charge in [0.15, 0.2) is 23.9 Å². The van der Waals surface area contributed by atoms with Gasteiger partial charge in [-0.15, -0.1) is 0 Å². The van der Waals surface area contributed by atoms with Crippen molar-refractivity contribution in [3.8, 4) is 17.1 Å². The van der Waals surface area contributed by atoms with Crippen LogP contribution >= 0.6 is 11.6 Å². The lowest BCUT2D eigenvalue weighted by atomic mass is 9.90. The van der Waals surface area contributed by atoms with Crippen LogP contribution in [0, 0.1) is 11.8 Å². The number of pyridine rings is 1. The lowest BCUT2D eigenvalue weighted by Crippen LogP contribution is -2.62. The van der Waals surface area contributed by atoms with Gasteiger partial charge in [0.1, 0.15) is 0 Å². The van der Waals surface area contributed by atoms with Crippen molar-refractivity contribution in [2.24, 2.45) is 18.9 Å². The number of aromatic nitrogens is 7. The van der Waals surface area contributed by atoms with Crippen LogP contribution in [0.15, 0.2) is 49.1 Å². The maximum absolute atomic E-state index is 14.2. The molecule has 3 aliphatic heterocycles. The van der Waals surface area contributed by atoms with Gasteiger partial charge >= 0.3 is 12.1 Å². The molecule has 3 saturated heterocycles. The Morgan fingerprint density at radius 1 is 1.00 bits per heavy atom. The number of alkyl halides is 3. The van der Waals surface area contributed by atoms with Gasteiger partial charge in [0.05, 0.1) is 59.4 Å². The maximum atomic E-state index is 14.2. The summed E-state index contributed by atoms with van der Waals surface area (Å²) < 4.78 is 45.4. The second kappa shape index (κ2) is 15.7. The number of benzene rings is 1. The monoisotopic (exact) mass is 837 g/mol. The number of hydrogen-bond donors (Lipinski definition) is 4. The molecule has 1 aromatic carbocycles. The minimum Gasteiger partial charge on any atom is -0.477 e. The average Bonchev–Trinajstić information content (AvgIpc) is 3.94. The summed E-state index contributed by atoms with van der Waals surface area (Å²) in [6, 6.07) is 5.88. The van der Waals surface area contributed by atoms with E-state index in [4.69, 9.17) is 11.6 Å². The molecule has 0 aliphatic carbocycles. The Balaban J connectivity index is 0.883. The molecule has 0 radical (unpaired) electrons. The molecule has 3 aliphatic rings. The van der Waals surface area contributed by atoms with Crippen LogP contribution in [0.3, 0.4) is 0 Å². The fraction of sp³-hybridized carbons (Fsp3) is 0.421. The molecule has 7 heterocycles. The van der Waals surface area contributed by atoms with Crippen LogP contribution in [-0.4, -0.2) is 143 Å². The minimum atomic E-state index is -4.84. The molecule has 3 fully saturated rings. The van der Waals surface area contributed by atoms with Gasteiger partial charge in [-0.05, 0) is 18.2 Å². The van der Waals surface area contributed by atoms with Gasteiger partial charge in [0, 0.05) is 101 Å². The van der Waals surface area contributed by atoms with Crippen molar-refractivity contribution in [3.63, 3.8) is 0 Å². The Bertz CT molecular complexity index is 2430. The molecular formula is C38H41ClF3N12O5+. The smallest absolute Gasteiger partial charge is 0.435 e. The highest BCUT2D eigenvalue weighted by atomic mass is 35.5. The Hall–Kier alpha value is -5.86. The van der Waals surface area contributed by atoms with Crippen LogP contribution in [0.5, 0.6) is 0 Å². The number of quaternary nitrogens is 1. The van der Waals surface area contributed by atoms with Gasteiger partial charge in [0.2, 0.25) is 5.91 Å². The molecule has 4 N–H and O–H groups in total. The molecule has 21 heteroatoms. The quantitative estimate of drug-likeness (QED) is 0.152. The molecule has 310 valence electrons. The third-order valence-corrected chi connectivity index (χ3v) is 11.9. The molecule has 59 heavy (non-hydrogen) atoms. The van der Waals surface area contributed by atoms with E-state index >= 15 is 0 Å². The first kappa shape index (κ1) is 39.9. The SMILES string of the molecule is Cn1c(-c2cn(-c3cc4[nH]ncc4cn3)nc2C(F)(F)F)cnc1C(=O)Nc1ccc(C(=O)N2CCN(C(=O)C3CC[N+](CC(=O)O)(CC4CNC4)CC3)CC2)c(Cl)c1. The number of carbonyl (C=O) groups is 4. The van der Waals surface area contributed by atoms with Crippen molar-refractivity contribution >= 4 is 51.9 Å². The first-order valence-electron chi connectivity index (χ1n) is 19.1. The van der Waals surface area contributed by atoms with E-state index in [0.29, 0.717) is 73.4 Å². The fourth-order valence-electron chi connectivity index (χ4n) is 8.30. The van der Waals surface area contributed by atoms with Gasteiger partial charge in [-0.2, -0.15) is 23.4 Å². The van der Waals surface area contributed by atoms with Crippen LogP contribution in [0.4, 0.5) is 18.9 Å². The van der Waals surface area contributed by atoms with Crippen molar-refractivity contribution in [1.82, 2.24) is 49.6 Å². The number of carboxylic acid groups (broad SMARTS) is 1. The van der Waals surface area contributed by atoms with Crippen LogP contribution in [0.2, 0.25) is 5.02 Å². The summed E-state index contributed by atoms with van der Waals surface area (Å²) in [5.41, 5.74) is -0.559.